The molecule has 1 N–H and O–H groups in total. The standard InChI is InChI=1S/C20H24N6O3/c1-5-25(6-2)19-8-7-17(26(27)28)10-15(19)12-22-24-20-18(11-21)16(13-29-4)9-14(3)23-20/h7-10,12H,5-6,13H2,1-4H3,(H,23,24)/b22-12-. The summed E-state index contributed by atoms with van der Waals surface area (Å²) in [7, 11) is 1.55. The van der Waals surface area contributed by atoms with E-state index in [1.807, 2.05) is 20.8 Å². The lowest BCUT2D eigenvalue weighted by molar-refractivity contribution is -0.384. The monoisotopic (exact) mass is 396 g/mol. The first kappa shape index (κ1) is 21.8. The van der Waals surface area contributed by atoms with Crippen molar-refractivity contribution >= 4 is 23.4 Å². The highest BCUT2D eigenvalue weighted by Gasteiger charge is 2.14. The third kappa shape index (κ3) is 5.27. The van der Waals surface area contributed by atoms with Gasteiger partial charge < -0.3 is 9.64 Å². The largest absolute Gasteiger partial charge is 0.380 e. The second-order valence-electron chi connectivity index (χ2n) is 6.23. The lowest BCUT2D eigenvalue weighted by Crippen LogP contribution is -2.23. The van der Waals surface area contributed by atoms with Gasteiger partial charge in [-0.05, 0) is 32.9 Å². The molecule has 0 atom stereocenters. The van der Waals surface area contributed by atoms with E-state index in [9.17, 15) is 15.4 Å². The fraction of sp³-hybridized carbons (Fsp3) is 0.350. The minimum absolute atomic E-state index is 0.0175. The Balaban J connectivity index is 2.40. The zero-order valence-electron chi connectivity index (χ0n) is 17.0. The van der Waals surface area contributed by atoms with Crippen LogP contribution < -0.4 is 10.3 Å². The SMILES string of the molecule is CCN(CC)c1ccc([N+](=O)[O-])cc1/C=N\Nc1nc(C)cc(COC)c1C#N. The molecule has 0 saturated carbocycles. The summed E-state index contributed by atoms with van der Waals surface area (Å²) in [5, 5.41) is 24.9. The Morgan fingerprint density at radius 3 is 2.69 bits per heavy atom. The molecule has 1 heterocycles. The molecule has 0 radical (unpaired) electrons. The van der Waals surface area contributed by atoms with Crippen molar-refractivity contribution in [3.63, 3.8) is 0 Å². The van der Waals surface area contributed by atoms with Crippen molar-refractivity contribution in [3.8, 4) is 6.07 Å². The van der Waals surface area contributed by atoms with Gasteiger partial charge in [0.25, 0.3) is 5.69 Å². The van der Waals surface area contributed by atoms with E-state index in [0.717, 1.165) is 18.8 Å². The number of aryl methyl sites for hydroxylation is 1. The number of nitro groups is 1. The third-order valence-corrected chi connectivity index (χ3v) is 4.34. The molecule has 0 saturated heterocycles. The van der Waals surface area contributed by atoms with E-state index in [0.29, 0.717) is 28.2 Å². The Kier molecular flexibility index (Phi) is 7.62. The summed E-state index contributed by atoms with van der Waals surface area (Å²) in [5.41, 5.74) is 5.98. The Morgan fingerprint density at radius 2 is 2.10 bits per heavy atom. The molecule has 1 aromatic carbocycles. The Bertz CT molecular complexity index is 948. The zero-order valence-corrected chi connectivity index (χ0v) is 17.0. The van der Waals surface area contributed by atoms with Gasteiger partial charge in [-0.15, -0.1) is 0 Å². The highest BCUT2D eigenvalue weighted by Crippen LogP contribution is 2.25. The first-order valence-corrected chi connectivity index (χ1v) is 9.17. The molecule has 0 aliphatic carbocycles. The van der Waals surface area contributed by atoms with Crippen LogP contribution in [0.25, 0.3) is 0 Å². The molecule has 9 heteroatoms. The second-order valence-corrected chi connectivity index (χ2v) is 6.23. The van der Waals surface area contributed by atoms with Gasteiger partial charge in [0.05, 0.1) is 17.7 Å². The number of hydrogen-bond donors (Lipinski definition) is 1. The first-order valence-electron chi connectivity index (χ1n) is 9.17. The number of ether oxygens (including phenoxy) is 1. The van der Waals surface area contributed by atoms with Gasteiger partial charge in [-0.1, -0.05) is 0 Å². The van der Waals surface area contributed by atoms with E-state index in [4.69, 9.17) is 4.74 Å². The summed E-state index contributed by atoms with van der Waals surface area (Å²) in [6, 6.07) is 8.58. The van der Waals surface area contributed by atoms with Crippen LogP contribution in [0, 0.1) is 28.4 Å². The fourth-order valence-electron chi connectivity index (χ4n) is 2.99. The van der Waals surface area contributed by atoms with Crippen molar-refractivity contribution in [2.45, 2.75) is 27.4 Å². The predicted octanol–water partition coefficient (Wildman–Crippen LogP) is 3.61. The van der Waals surface area contributed by atoms with Crippen molar-refractivity contribution in [2.24, 2.45) is 5.10 Å². The number of non-ortho nitro benzene ring substituents is 1. The van der Waals surface area contributed by atoms with E-state index in [1.165, 1.54) is 18.3 Å². The smallest absolute Gasteiger partial charge is 0.270 e. The van der Waals surface area contributed by atoms with Crippen LogP contribution in [-0.2, 0) is 11.3 Å². The van der Waals surface area contributed by atoms with Crippen molar-refractivity contribution in [1.82, 2.24) is 4.98 Å². The van der Waals surface area contributed by atoms with Crippen LogP contribution >= 0.6 is 0 Å². The Hall–Kier alpha value is -3.51. The third-order valence-electron chi connectivity index (χ3n) is 4.34. The maximum absolute atomic E-state index is 11.2. The minimum Gasteiger partial charge on any atom is -0.380 e. The average molecular weight is 396 g/mol. The number of hydrogen-bond acceptors (Lipinski definition) is 8. The van der Waals surface area contributed by atoms with Gasteiger partial charge in [-0.25, -0.2) is 4.98 Å². The lowest BCUT2D eigenvalue weighted by atomic mass is 10.1. The maximum Gasteiger partial charge on any atom is 0.270 e. The second kappa shape index (κ2) is 10.1. The number of nitro benzene ring substituents is 1. The van der Waals surface area contributed by atoms with Crippen LogP contribution in [0.15, 0.2) is 29.4 Å². The number of nitrogens with zero attached hydrogens (tertiary/aromatic N) is 5. The average Bonchev–Trinajstić information content (AvgIpc) is 2.69. The molecule has 152 valence electrons. The van der Waals surface area contributed by atoms with Crippen molar-refractivity contribution in [2.75, 3.05) is 30.5 Å². The van der Waals surface area contributed by atoms with Gasteiger partial charge in [0, 0.05) is 54.8 Å². The first-order chi connectivity index (χ1) is 13.9. The van der Waals surface area contributed by atoms with E-state index in [-0.39, 0.29) is 12.3 Å². The molecular weight excluding hydrogens is 372 g/mol. The summed E-state index contributed by atoms with van der Waals surface area (Å²) in [5.74, 6) is 0.311. The number of benzene rings is 1. The van der Waals surface area contributed by atoms with Crippen molar-refractivity contribution in [3.05, 3.63) is 56.8 Å². The molecule has 0 aliphatic rings. The van der Waals surface area contributed by atoms with Crippen LogP contribution in [0.5, 0.6) is 0 Å². The summed E-state index contributed by atoms with van der Waals surface area (Å²) < 4.78 is 5.14. The van der Waals surface area contributed by atoms with Gasteiger partial charge in [0.1, 0.15) is 11.6 Å². The summed E-state index contributed by atoms with van der Waals surface area (Å²) >= 11 is 0. The normalized spacial score (nSPS) is 10.7. The van der Waals surface area contributed by atoms with Gasteiger partial charge in [0.2, 0.25) is 0 Å². The number of anilines is 2. The van der Waals surface area contributed by atoms with E-state index < -0.39 is 4.92 Å². The number of pyridine rings is 1. The van der Waals surface area contributed by atoms with Gasteiger partial charge >= 0.3 is 0 Å². The summed E-state index contributed by atoms with van der Waals surface area (Å²) in [6.07, 6.45) is 1.50. The Morgan fingerprint density at radius 1 is 1.38 bits per heavy atom. The highest BCUT2D eigenvalue weighted by molar-refractivity contribution is 5.89. The molecule has 0 spiro atoms. The molecule has 0 unspecified atom stereocenters. The number of aromatic nitrogens is 1. The van der Waals surface area contributed by atoms with Gasteiger partial charge in [-0.3, -0.25) is 15.5 Å². The highest BCUT2D eigenvalue weighted by atomic mass is 16.6. The molecule has 0 aliphatic heterocycles. The molecule has 0 amide bonds. The fourth-order valence-corrected chi connectivity index (χ4v) is 2.99. The quantitative estimate of drug-likeness (QED) is 0.391. The number of nitrogens with one attached hydrogen (secondary N) is 1. The van der Waals surface area contributed by atoms with E-state index in [1.54, 1.807) is 19.2 Å². The number of hydrazone groups is 1. The maximum atomic E-state index is 11.2. The number of methoxy groups -OCH3 is 1. The van der Waals surface area contributed by atoms with E-state index in [2.05, 4.69) is 26.5 Å². The van der Waals surface area contributed by atoms with Crippen molar-refractivity contribution < 1.29 is 9.66 Å². The molecular formula is C20H24N6O3. The van der Waals surface area contributed by atoms with Gasteiger partial charge in [-0.2, -0.15) is 10.4 Å². The summed E-state index contributed by atoms with van der Waals surface area (Å²) in [6.45, 7) is 7.62. The molecule has 2 rings (SSSR count). The van der Waals surface area contributed by atoms with Crippen LogP contribution in [0.1, 0.15) is 36.2 Å². The van der Waals surface area contributed by atoms with Crippen LogP contribution in [0.4, 0.5) is 17.2 Å². The zero-order chi connectivity index (χ0) is 21.4. The number of rotatable bonds is 9. The Labute approximate surface area is 169 Å². The molecule has 29 heavy (non-hydrogen) atoms. The minimum atomic E-state index is -0.441. The van der Waals surface area contributed by atoms with Crippen LogP contribution in [-0.4, -0.2) is 36.3 Å². The van der Waals surface area contributed by atoms with Gasteiger partial charge in [0.15, 0.2) is 5.82 Å². The predicted molar refractivity (Wildman–Crippen MR) is 112 cm³/mol. The van der Waals surface area contributed by atoms with Crippen LogP contribution in [0.3, 0.4) is 0 Å². The summed E-state index contributed by atoms with van der Waals surface area (Å²) in [4.78, 5) is 17.1. The van der Waals surface area contributed by atoms with Crippen molar-refractivity contribution in [1.29, 1.82) is 5.26 Å². The molecule has 0 bridgehead atoms. The number of nitriles is 1. The van der Waals surface area contributed by atoms with E-state index >= 15 is 0 Å². The topological polar surface area (TPSA) is 117 Å². The molecule has 1 aromatic heterocycles. The molecule has 2 aromatic rings. The molecule has 9 nitrogen and oxygen atoms in total. The van der Waals surface area contributed by atoms with Crippen LogP contribution in [0.2, 0.25) is 0 Å². The molecule has 0 fully saturated rings. The lowest BCUT2D eigenvalue weighted by Gasteiger charge is -2.22.